The maximum absolute atomic E-state index is 16.6. The van der Waals surface area contributed by atoms with Crippen molar-refractivity contribution in [3.8, 4) is 44.5 Å². The summed E-state index contributed by atoms with van der Waals surface area (Å²) in [5, 5.41) is 3.44. The van der Waals surface area contributed by atoms with Gasteiger partial charge < -0.3 is 19.6 Å². The summed E-state index contributed by atoms with van der Waals surface area (Å²) in [7, 11) is 0. The second kappa shape index (κ2) is 25.5. The smallest absolute Gasteiger partial charge is 0.200 e. The lowest BCUT2D eigenvalue weighted by molar-refractivity contribution is 0.192. The topological polar surface area (TPSA) is 13.0 Å². The molecule has 20 rings (SSSR count). The van der Waals surface area contributed by atoms with E-state index < -0.39 is 183 Å². The zero-order valence-electron chi connectivity index (χ0n) is 66.1. The molecular formula is C96H74F20N4. The van der Waals surface area contributed by atoms with Crippen LogP contribution in [0.1, 0.15) is 180 Å². The van der Waals surface area contributed by atoms with Crippen molar-refractivity contribution < 1.29 is 87.8 Å². The van der Waals surface area contributed by atoms with Crippen molar-refractivity contribution in [1.29, 1.82) is 0 Å². The molecule has 0 bridgehead atoms. The van der Waals surface area contributed by atoms with E-state index in [0.717, 1.165) is 0 Å². The van der Waals surface area contributed by atoms with Crippen molar-refractivity contribution in [2.24, 2.45) is 0 Å². The lowest BCUT2D eigenvalue weighted by atomic mass is 9.61. The van der Waals surface area contributed by atoms with E-state index in [4.69, 9.17) is 0 Å². The van der Waals surface area contributed by atoms with E-state index >= 15 is 87.8 Å². The molecule has 0 radical (unpaired) electrons. The third kappa shape index (κ3) is 9.43. The maximum atomic E-state index is 16.6. The highest BCUT2D eigenvalue weighted by molar-refractivity contribution is 6.32. The maximum Gasteiger partial charge on any atom is 0.200 e. The molecule has 4 saturated carbocycles. The molecule has 0 saturated heterocycles. The molecule has 24 heteroatoms. The van der Waals surface area contributed by atoms with Crippen molar-refractivity contribution in [1.82, 2.24) is 0 Å². The second-order valence-corrected chi connectivity index (χ2v) is 36.2. The number of rotatable bonds is 8. The first kappa shape index (κ1) is 78.0. The van der Waals surface area contributed by atoms with Gasteiger partial charge in [0.1, 0.15) is 22.7 Å². The van der Waals surface area contributed by atoms with Gasteiger partial charge in [-0.05, 0) is 239 Å². The molecule has 12 aromatic rings. The van der Waals surface area contributed by atoms with Gasteiger partial charge in [-0.2, -0.15) is 0 Å². The lowest BCUT2D eigenvalue weighted by Crippen LogP contribution is -2.55. The predicted octanol–water partition coefficient (Wildman–Crippen LogP) is 29.0. The summed E-state index contributed by atoms with van der Waals surface area (Å²) < 4.78 is 319. The van der Waals surface area contributed by atoms with Crippen LogP contribution < -0.4 is 19.6 Å². The summed E-state index contributed by atoms with van der Waals surface area (Å²) in [4.78, 5) is 4.93. The summed E-state index contributed by atoms with van der Waals surface area (Å²) in [5.74, 6) is -42.6. The molecule has 12 aromatic carbocycles. The Morgan fingerprint density at radius 3 is 0.550 bits per heavy atom. The van der Waals surface area contributed by atoms with E-state index in [-0.39, 0.29) is 48.4 Å². The first-order chi connectivity index (χ1) is 56.8. The molecule has 0 amide bonds. The third-order valence-corrected chi connectivity index (χ3v) is 31.2. The highest BCUT2D eigenvalue weighted by Gasteiger charge is 2.64. The third-order valence-electron chi connectivity index (χ3n) is 31.2. The van der Waals surface area contributed by atoms with Crippen molar-refractivity contribution >= 4 is 77.8 Å². The summed E-state index contributed by atoms with van der Waals surface area (Å²) in [6, 6.07) is 32.0. The van der Waals surface area contributed by atoms with Crippen LogP contribution in [0.5, 0.6) is 0 Å². The number of hydrogen-bond acceptors (Lipinski definition) is 4. The number of anilines is 8. The van der Waals surface area contributed by atoms with Gasteiger partial charge >= 0.3 is 0 Å². The van der Waals surface area contributed by atoms with Crippen molar-refractivity contribution in [3.63, 3.8) is 0 Å². The minimum Gasteiger partial charge on any atom is -0.329 e. The van der Waals surface area contributed by atoms with Crippen LogP contribution in [0.4, 0.5) is 133 Å². The van der Waals surface area contributed by atoms with Gasteiger partial charge in [-0.1, -0.05) is 128 Å². The van der Waals surface area contributed by atoms with Gasteiger partial charge in [-0.3, -0.25) is 0 Å². The average Bonchev–Trinajstić information content (AvgIpc) is 1.45. The number of halogens is 20. The predicted molar refractivity (Wildman–Crippen MR) is 422 cm³/mol. The van der Waals surface area contributed by atoms with Gasteiger partial charge in [0, 0.05) is 44.4 Å². The molecule has 4 nitrogen and oxygen atoms in total. The molecular weight excluding hydrogens is 1590 g/mol. The average molecular weight is 1660 g/mol. The summed E-state index contributed by atoms with van der Waals surface area (Å²) in [5.41, 5.74) is -7.28. The van der Waals surface area contributed by atoms with E-state index in [1.54, 1.807) is 76.2 Å². The van der Waals surface area contributed by atoms with Crippen molar-refractivity contribution in [3.05, 3.63) is 248 Å². The van der Waals surface area contributed by atoms with E-state index in [1.165, 1.54) is 19.6 Å². The SMILES string of the molecule is CC12CCCCC1(C)N(c1c(F)c(F)c(F)c(F)c1F)c1ccc(-c3cc(-c4ccc5c(c4)C4(C)CCCCC4(C)N5c4c(F)c(F)c(F)c(F)c4F)c4ccc5c(-c6ccc7c(c6)C6(C)CCCCC6(C)N7c6c(F)c(F)c(F)c(F)c6F)cc(-c6ccc7c(c6)C6(C)CCCCC6(C)N7c6c(F)c(F)c(F)c(F)c6F)c6ccc3c4c65)cc12. The molecule has 0 spiro atoms. The van der Waals surface area contributed by atoms with Crippen LogP contribution in [0, 0.1) is 116 Å². The van der Waals surface area contributed by atoms with Gasteiger partial charge in [0.15, 0.2) is 93.1 Å². The lowest BCUT2D eigenvalue weighted by Gasteiger charge is -2.50. The molecule has 0 aromatic heterocycles. The largest absolute Gasteiger partial charge is 0.329 e. The van der Waals surface area contributed by atoms with Crippen molar-refractivity contribution in [2.75, 3.05) is 19.6 Å². The van der Waals surface area contributed by atoms with Crippen LogP contribution in [-0.2, 0) is 21.7 Å². The Kier molecular flexibility index (Phi) is 16.6. The molecule has 4 aliphatic carbocycles. The molecule has 618 valence electrons. The zero-order chi connectivity index (χ0) is 84.9. The van der Waals surface area contributed by atoms with Crippen molar-refractivity contribution in [2.45, 2.75) is 202 Å². The Hall–Kier alpha value is -10.5. The minimum absolute atomic E-state index is 0.168. The van der Waals surface area contributed by atoms with Crippen LogP contribution in [0.25, 0.3) is 76.8 Å². The molecule has 8 atom stereocenters. The highest BCUT2D eigenvalue weighted by Crippen LogP contribution is 2.69. The van der Waals surface area contributed by atoms with Gasteiger partial charge in [-0.15, -0.1) is 0 Å². The Morgan fingerprint density at radius 2 is 0.367 bits per heavy atom. The standard InChI is InChI=1S/C96H74F20N4/c1-89-29-9-13-33-93(89,5)117(85-77(109)69(101)65(97)70(102)78(85)110)59-25-17-43(37-55(59)89)51-41-52(44-18-26-60-56(38-44)90(2)30-10-14-34-94(90,6)118(60)86-79(111)71(103)66(98)72(104)80(86)112)48-23-24-50-54(46-20-28-62-58(40-46)92(4)32-12-16-36-96(92,8)120(62)88-83(115)75(107)68(100)76(108)84(88)116)42-53(49-22-21-47(51)63(48)64(49)50)45-19-27-61-57(39-45)91(3)31-11-15-35-95(91,7)119(61)87-81(113)73(105)67(99)74(106)82(87)114/h17-28,37-42H,9-16,29-36H2,1-8H3. The first-order valence-corrected chi connectivity index (χ1v) is 40.5. The second-order valence-electron chi connectivity index (χ2n) is 36.2. The van der Waals surface area contributed by atoms with Crippen LogP contribution in [-0.4, -0.2) is 22.2 Å². The van der Waals surface area contributed by atoms with Crippen LogP contribution >= 0.6 is 0 Å². The number of nitrogens with zero attached hydrogens (tertiary/aromatic N) is 4. The van der Waals surface area contributed by atoms with Crippen LogP contribution in [0.2, 0.25) is 0 Å². The first-order valence-electron chi connectivity index (χ1n) is 40.5. The normalized spacial score (nSPS) is 26.0. The van der Waals surface area contributed by atoms with Gasteiger partial charge in [0.25, 0.3) is 0 Å². The number of fused-ring (bicyclic) bond motifs is 12. The van der Waals surface area contributed by atoms with Gasteiger partial charge in [-0.25, -0.2) is 87.8 Å². The van der Waals surface area contributed by atoms with E-state index in [9.17, 15) is 0 Å². The quantitative estimate of drug-likeness (QED) is 0.0650. The van der Waals surface area contributed by atoms with Gasteiger partial charge in [0.05, 0.1) is 22.2 Å². The Bertz CT molecular complexity index is 5730. The molecule has 4 fully saturated rings. The van der Waals surface area contributed by atoms with E-state index in [0.29, 0.717) is 176 Å². The van der Waals surface area contributed by atoms with E-state index in [1.807, 2.05) is 88.4 Å². The molecule has 120 heavy (non-hydrogen) atoms. The molecule has 4 heterocycles. The fraction of sp³-hybridized carbons (Fsp3) is 0.333. The Morgan fingerprint density at radius 1 is 0.200 bits per heavy atom. The van der Waals surface area contributed by atoms with Gasteiger partial charge in [0.2, 0.25) is 23.3 Å². The van der Waals surface area contributed by atoms with Crippen LogP contribution in [0.3, 0.4) is 0 Å². The molecule has 0 N–H and O–H groups in total. The zero-order valence-corrected chi connectivity index (χ0v) is 66.1. The summed E-state index contributed by atoms with van der Waals surface area (Å²) in [6.07, 6.45) is 7.02. The summed E-state index contributed by atoms with van der Waals surface area (Å²) in [6.45, 7) is 14.5. The monoisotopic (exact) mass is 1660 g/mol. The van der Waals surface area contributed by atoms with Crippen LogP contribution in [0.15, 0.2) is 109 Å². The summed E-state index contributed by atoms with van der Waals surface area (Å²) >= 11 is 0. The molecule has 4 aliphatic heterocycles. The fourth-order valence-corrected chi connectivity index (χ4v) is 24.1. The number of benzene rings is 12. The molecule has 8 unspecified atom stereocenters. The molecule has 8 aliphatic rings. The Balaban J connectivity index is 0.892. The van der Waals surface area contributed by atoms with E-state index in [2.05, 4.69) is 0 Å². The highest BCUT2D eigenvalue weighted by atomic mass is 19.2. The number of hydrogen-bond donors (Lipinski definition) is 0. The minimum atomic E-state index is -2.33. The fourth-order valence-electron chi connectivity index (χ4n) is 24.1. The Labute approximate surface area is 676 Å².